The van der Waals surface area contributed by atoms with Crippen molar-refractivity contribution in [2.45, 2.75) is 45.6 Å². The lowest BCUT2D eigenvalue weighted by molar-refractivity contribution is -0.148. The lowest BCUT2D eigenvalue weighted by Crippen LogP contribution is -2.51. The molecule has 2 fully saturated rings. The van der Waals surface area contributed by atoms with Crippen LogP contribution in [0.25, 0.3) is 0 Å². The van der Waals surface area contributed by atoms with Gasteiger partial charge in [-0.05, 0) is 32.1 Å². The van der Waals surface area contributed by atoms with Gasteiger partial charge in [0.05, 0.1) is 5.41 Å². The number of nitrogens with one attached hydrogen (secondary N) is 1. The van der Waals surface area contributed by atoms with E-state index in [0.29, 0.717) is 12.3 Å². The van der Waals surface area contributed by atoms with Crippen LogP contribution >= 0.6 is 0 Å². The summed E-state index contributed by atoms with van der Waals surface area (Å²) in [5, 5.41) is 12.2. The molecule has 5 nitrogen and oxygen atoms in total. The van der Waals surface area contributed by atoms with Crippen LogP contribution < -0.4 is 5.32 Å². The van der Waals surface area contributed by atoms with Crippen molar-refractivity contribution in [2.24, 2.45) is 11.3 Å². The maximum absolute atomic E-state index is 12.1. The summed E-state index contributed by atoms with van der Waals surface area (Å²) in [6.45, 7) is 5.43. The molecule has 1 aliphatic carbocycles. The Bertz CT molecular complexity index is 358. The van der Waals surface area contributed by atoms with Gasteiger partial charge < -0.3 is 15.3 Å². The summed E-state index contributed by atoms with van der Waals surface area (Å²) < 4.78 is 0. The van der Waals surface area contributed by atoms with Gasteiger partial charge in [0.2, 0.25) is 0 Å². The minimum atomic E-state index is -0.805. The van der Waals surface area contributed by atoms with E-state index in [2.05, 4.69) is 12.2 Å². The number of carbonyl (C=O) groups excluding carboxylic acids is 1. The molecule has 1 saturated heterocycles. The zero-order valence-corrected chi connectivity index (χ0v) is 11.1. The molecule has 1 aliphatic heterocycles. The smallest absolute Gasteiger partial charge is 0.317 e. The summed E-state index contributed by atoms with van der Waals surface area (Å²) >= 11 is 0. The Morgan fingerprint density at radius 1 is 1.39 bits per heavy atom. The molecule has 0 aromatic heterocycles. The number of carboxylic acid groups (broad SMARTS) is 1. The van der Waals surface area contributed by atoms with Crippen LogP contribution in [-0.2, 0) is 4.79 Å². The Morgan fingerprint density at radius 3 is 2.67 bits per heavy atom. The molecule has 0 aromatic rings. The minimum absolute atomic E-state index is 0.0984. The molecule has 1 heterocycles. The second-order valence-corrected chi connectivity index (χ2v) is 5.96. The second-order valence-electron chi connectivity index (χ2n) is 5.96. The van der Waals surface area contributed by atoms with Gasteiger partial charge in [-0.2, -0.15) is 0 Å². The number of carbonyl (C=O) groups is 2. The highest BCUT2D eigenvalue weighted by Crippen LogP contribution is 2.38. The molecule has 0 spiro atoms. The molecular weight excluding hydrogens is 232 g/mol. The topological polar surface area (TPSA) is 69.6 Å². The molecule has 2 amide bonds. The molecule has 0 aromatic carbocycles. The van der Waals surface area contributed by atoms with E-state index >= 15 is 0 Å². The first-order chi connectivity index (χ1) is 8.43. The SMILES string of the molecule is CC1CCN(C(=O)NC2CCCC2(C)C(=O)O)C1. The highest BCUT2D eigenvalue weighted by Gasteiger charge is 2.46. The number of hydrogen-bond acceptors (Lipinski definition) is 2. The van der Waals surface area contributed by atoms with Crippen LogP contribution in [0.4, 0.5) is 4.79 Å². The molecular formula is C13H22N2O3. The fourth-order valence-corrected chi connectivity index (χ4v) is 3.01. The van der Waals surface area contributed by atoms with Gasteiger partial charge in [0.1, 0.15) is 0 Å². The third-order valence-corrected chi connectivity index (χ3v) is 4.46. The molecule has 0 bridgehead atoms. The number of rotatable bonds is 2. The first kappa shape index (κ1) is 13.2. The van der Waals surface area contributed by atoms with Gasteiger partial charge in [-0.15, -0.1) is 0 Å². The fourth-order valence-electron chi connectivity index (χ4n) is 3.01. The standard InChI is InChI=1S/C13H22N2O3/c1-9-5-7-15(8-9)12(18)14-10-4-3-6-13(10,2)11(16)17/h9-10H,3-8H2,1-2H3,(H,14,18)(H,16,17). The lowest BCUT2D eigenvalue weighted by Gasteiger charge is -2.29. The third kappa shape index (κ3) is 2.31. The van der Waals surface area contributed by atoms with Crippen molar-refractivity contribution in [1.29, 1.82) is 0 Å². The Balaban J connectivity index is 1.96. The van der Waals surface area contributed by atoms with Crippen molar-refractivity contribution in [1.82, 2.24) is 10.2 Å². The molecule has 2 aliphatic rings. The molecule has 2 N–H and O–H groups in total. The average Bonchev–Trinajstić information content (AvgIpc) is 2.87. The van der Waals surface area contributed by atoms with E-state index in [1.807, 2.05) is 0 Å². The van der Waals surface area contributed by atoms with Gasteiger partial charge >= 0.3 is 12.0 Å². The van der Waals surface area contributed by atoms with Crippen LogP contribution in [0.1, 0.15) is 39.5 Å². The molecule has 5 heteroatoms. The van der Waals surface area contributed by atoms with Crippen LogP contribution in [-0.4, -0.2) is 41.1 Å². The number of carboxylic acids is 1. The summed E-state index contributed by atoms with van der Waals surface area (Å²) in [6.07, 6.45) is 3.31. The van der Waals surface area contributed by atoms with Gasteiger partial charge in [-0.3, -0.25) is 4.79 Å². The number of urea groups is 1. The van der Waals surface area contributed by atoms with E-state index in [4.69, 9.17) is 0 Å². The van der Waals surface area contributed by atoms with Crippen molar-refractivity contribution >= 4 is 12.0 Å². The van der Waals surface area contributed by atoms with Crippen molar-refractivity contribution < 1.29 is 14.7 Å². The zero-order chi connectivity index (χ0) is 13.3. The van der Waals surface area contributed by atoms with E-state index in [9.17, 15) is 14.7 Å². The van der Waals surface area contributed by atoms with Gasteiger partial charge in [0, 0.05) is 19.1 Å². The summed E-state index contributed by atoms with van der Waals surface area (Å²) in [6, 6.07) is -0.336. The Kier molecular flexibility index (Phi) is 3.50. The maximum Gasteiger partial charge on any atom is 0.317 e. The molecule has 3 atom stereocenters. The van der Waals surface area contributed by atoms with Crippen molar-refractivity contribution in [3.05, 3.63) is 0 Å². The van der Waals surface area contributed by atoms with Crippen molar-refractivity contribution in [3.8, 4) is 0 Å². The first-order valence-corrected chi connectivity index (χ1v) is 6.72. The average molecular weight is 254 g/mol. The molecule has 3 unspecified atom stereocenters. The lowest BCUT2D eigenvalue weighted by atomic mass is 9.85. The highest BCUT2D eigenvalue weighted by atomic mass is 16.4. The van der Waals surface area contributed by atoms with Crippen LogP contribution in [0.2, 0.25) is 0 Å². The van der Waals surface area contributed by atoms with Crippen molar-refractivity contribution in [3.63, 3.8) is 0 Å². The second kappa shape index (κ2) is 4.78. The predicted octanol–water partition coefficient (Wildman–Crippen LogP) is 1.68. The maximum atomic E-state index is 12.1. The Hall–Kier alpha value is -1.26. The number of hydrogen-bond donors (Lipinski definition) is 2. The first-order valence-electron chi connectivity index (χ1n) is 6.72. The van der Waals surface area contributed by atoms with Crippen LogP contribution in [0.5, 0.6) is 0 Å². The normalized spacial score (nSPS) is 35.8. The molecule has 2 rings (SSSR count). The monoisotopic (exact) mass is 254 g/mol. The van der Waals surface area contributed by atoms with E-state index in [1.54, 1.807) is 11.8 Å². The number of nitrogens with zero attached hydrogens (tertiary/aromatic N) is 1. The molecule has 102 valence electrons. The Labute approximate surface area is 108 Å². The van der Waals surface area contributed by atoms with Gasteiger partial charge in [0.25, 0.3) is 0 Å². The van der Waals surface area contributed by atoms with Gasteiger partial charge in [-0.25, -0.2) is 4.79 Å². The van der Waals surface area contributed by atoms with Gasteiger partial charge in [-0.1, -0.05) is 13.3 Å². The predicted molar refractivity (Wildman–Crippen MR) is 67.3 cm³/mol. The largest absolute Gasteiger partial charge is 0.481 e. The van der Waals surface area contributed by atoms with Crippen LogP contribution in [0.15, 0.2) is 0 Å². The summed E-state index contributed by atoms with van der Waals surface area (Å²) in [5.74, 6) is -0.259. The zero-order valence-electron chi connectivity index (χ0n) is 11.1. The number of aliphatic carboxylic acids is 1. The van der Waals surface area contributed by atoms with Crippen LogP contribution in [0, 0.1) is 11.3 Å². The Morgan fingerprint density at radius 2 is 2.11 bits per heavy atom. The van der Waals surface area contributed by atoms with E-state index in [0.717, 1.165) is 32.4 Å². The van der Waals surface area contributed by atoms with E-state index < -0.39 is 11.4 Å². The summed E-state index contributed by atoms with van der Waals surface area (Å²) in [7, 11) is 0. The van der Waals surface area contributed by atoms with Crippen molar-refractivity contribution in [2.75, 3.05) is 13.1 Å². The van der Waals surface area contributed by atoms with E-state index in [1.165, 1.54) is 0 Å². The molecule has 1 saturated carbocycles. The molecule has 0 radical (unpaired) electrons. The highest BCUT2D eigenvalue weighted by molar-refractivity contribution is 5.79. The van der Waals surface area contributed by atoms with Gasteiger partial charge in [0.15, 0.2) is 0 Å². The molecule has 18 heavy (non-hydrogen) atoms. The van der Waals surface area contributed by atoms with E-state index in [-0.39, 0.29) is 12.1 Å². The summed E-state index contributed by atoms with van der Waals surface area (Å²) in [4.78, 5) is 25.2. The third-order valence-electron chi connectivity index (χ3n) is 4.46. The minimum Gasteiger partial charge on any atom is -0.481 e. The quantitative estimate of drug-likeness (QED) is 0.787. The van der Waals surface area contributed by atoms with Crippen LogP contribution in [0.3, 0.4) is 0 Å². The number of likely N-dealkylation sites (tertiary alicyclic amines) is 1. The summed E-state index contributed by atoms with van der Waals surface area (Å²) in [5.41, 5.74) is -0.805. The fraction of sp³-hybridized carbons (Fsp3) is 0.846. The number of amides is 2.